The highest BCUT2D eigenvalue weighted by molar-refractivity contribution is 7.91. The van der Waals surface area contributed by atoms with E-state index in [0.29, 0.717) is 16.1 Å². The van der Waals surface area contributed by atoms with Crippen LogP contribution in [0.5, 0.6) is 0 Å². The molecule has 1 aromatic heterocycles. The molecule has 20 heavy (non-hydrogen) atoms. The van der Waals surface area contributed by atoms with Crippen LogP contribution in [-0.2, 0) is 21.1 Å². The Labute approximate surface area is 121 Å². The minimum Gasteiger partial charge on any atom is -0.369 e. The zero-order valence-corrected chi connectivity index (χ0v) is 12.5. The number of nitrogens with two attached hydrogens (primary N) is 1. The van der Waals surface area contributed by atoms with Crippen LogP contribution in [0, 0.1) is 0 Å². The monoisotopic (exact) mass is 310 g/mol. The van der Waals surface area contributed by atoms with Gasteiger partial charge in [0.2, 0.25) is 5.91 Å². The maximum absolute atomic E-state index is 12.1. The lowest BCUT2D eigenvalue weighted by Crippen LogP contribution is -2.14. The average molecular weight is 310 g/mol. The molecule has 2 rings (SSSR count). The van der Waals surface area contributed by atoms with E-state index in [9.17, 15) is 13.2 Å². The highest BCUT2D eigenvalue weighted by atomic mass is 32.2. The molecule has 0 aliphatic carbocycles. The molecule has 0 aliphatic rings. The van der Waals surface area contributed by atoms with Crippen LogP contribution in [0.15, 0.2) is 34.7 Å². The molecule has 0 radical (unpaired) electrons. The second-order valence-corrected chi connectivity index (χ2v) is 7.36. The first-order valence-electron chi connectivity index (χ1n) is 5.98. The topological polar surface area (TPSA) is 90.1 Å². The number of aromatic nitrogens is 1. The molecule has 0 atom stereocenters. The third-order valence-electron chi connectivity index (χ3n) is 2.80. The van der Waals surface area contributed by atoms with Gasteiger partial charge in [-0.05, 0) is 17.7 Å². The van der Waals surface area contributed by atoms with Gasteiger partial charge in [-0.15, -0.1) is 11.3 Å². The summed E-state index contributed by atoms with van der Waals surface area (Å²) in [6.07, 6.45) is 1.69. The number of primary amides is 1. The van der Waals surface area contributed by atoms with E-state index in [0.717, 1.165) is 0 Å². The molecule has 2 N–H and O–H groups in total. The molecular weight excluding hydrogens is 296 g/mol. The number of thiazole rings is 1. The fourth-order valence-corrected chi connectivity index (χ4v) is 3.65. The summed E-state index contributed by atoms with van der Waals surface area (Å²) in [5.74, 6) is -0.443. The number of carbonyl (C=O) groups excluding carboxylic acids is 1. The molecule has 2 aromatic rings. The summed E-state index contributed by atoms with van der Waals surface area (Å²) < 4.78 is 24.3. The maximum atomic E-state index is 12.1. The van der Waals surface area contributed by atoms with Crippen LogP contribution >= 0.6 is 11.3 Å². The Morgan fingerprint density at radius 1 is 1.40 bits per heavy atom. The van der Waals surface area contributed by atoms with Gasteiger partial charge in [-0.3, -0.25) is 4.79 Å². The minimum atomic E-state index is -3.35. The second kappa shape index (κ2) is 5.72. The maximum Gasteiger partial charge on any atom is 0.221 e. The van der Waals surface area contributed by atoms with E-state index in [1.807, 2.05) is 0 Å². The van der Waals surface area contributed by atoms with Gasteiger partial charge in [0, 0.05) is 17.1 Å². The lowest BCUT2D eigenvalue weighted by atomic mass is 10.1. The van der Waals surface area contributed by atoms with Crippen LogP contribution in [0.2, 0.25) is 0 Å². The predicted molar refractivity (Wildman–Crippen MR) is 78.2 cm³/mol. The van der Waals surface area contributed by atoms with Crippen LogP contribution in [0.3, 0.4) is 0 Å². The number of hydrogen-bond acceptors (Lipinski definition) is 5. The number of carbonyl (C=O) groups is 1. The van der Waals surface area contributed by atoms with Gasteiger partial charge in [0.15, 0.2) is 9.84 Å². The van der Waals surface area contributed by atoms with E-state index in [4.69, 9.17) is 5.73 Å². The molecule has 1 amide bonds. The Morgan fingerprint density at radius 2 is 2.15 bits per heavy atom. The minimum absolute atomic E-state index is 0.0144. The lowest BCUT2D eigenvalue weighted by molar-refractivity contribution is -0.117. The van der Waals surface area contributed by atoms with E-state index in [2.05, 4.69) is 4.98 Å². The highest BCUT2D eigenvalue weighted by Gasteiger charge is 2.19. The van der Waals surface area contributed by atoms with Crippen LogP contribution in [0.25, 0.3) is 10.6 Å². The highest BCUT2D eigenvalue weighted by Crippen LogP contribution is 2.30. The Bertz CT molecular complexity index is 722. The predicted octanol–water partition coefficient (Wildman–Crippen LogP) is 1.63. The second-order valence-electron chi connectivity index (χ2n) is 4.21. The van der Waals surface area contributed by atoms with Crippen molar-refractivity contribution >= 4 is 27.1 Å². The largest absolute Gasteiger partial charge is 0.369 e. The fraction of sp³-hybridized carbons (Fsp3) is 0.231. The first-order valence-corrected chi connectivity index (χ1v) is 8.51. The number of nitrogens with zero attached hydrogens (tertiary/aromatic N) is 1. The molecule has 106 valence electrons. The summed E-state index contributed by atoms with van der Waals surface area (Å²) in [5, 5.41) is 2.39. The Kier molecular flexibility index (Phi) is 4.20. The number of hydrogen-bond donors (Lipinski definition) is 1. The molecule has 0 aliphatic heterocycles. The van der Waals surface area contributed by atoms with Crippen molar-refractivity contribution in [3.05, 3.63) is 35.3 Å². The number of sulfone groups is 1. The first-order chi connectivity index (χ1) is 9.44. The molecule has 5 nitrogen and oxygen atoms in total. The summed E-state index contributed by atoms with van der Waals surface area (Å²) in [5.41, 5.74) is 6.38. The van der Waals surface area contributed by atoms with Crippen LogP contribution < -0.4 is 5.73 Å². The van der Waals surface area contributed by atoms with Crippen molar-refractivity contribution in [1.29, 1.82) is 0 Å². The molecule has 7 heteroatoms. The molecule has 0 spiro atoms. The van der Waals surface area contributed by atoms with Crippen molar-refractivity contribution in [2.75, 3.05) is 5.75 Å². The summed E-state index contributed by atoms with van der Waals surface area (Å²) in [4.78, 5) is 15.4. The van der Waals surface area contributed by atoms with Gasteiger partial charge in [0.25, 0.3) is 0 Å². The quantitative estimate of drug-likeness (QED) is 0.909. The molecule has 0 bridgehead atoms. The Morgan fingerprint density at radius 3 is 2.70 bits per heavy atom. The van der Waals surface area contributed by atoms with Crippen molar-refractivity contribution in [3.8, 4) is 10.6 Å². The van der Waals surface area contributed by atoms with E-state index in [-0.39, 0.29) is 17.1 Å². The van der Waals surface area contributed by atoms with Crippen LogP contribution in [-0.4, -0.2) is 25.1 Å². The smallest absolute Gasteiger partial charge is 0.221 e. The number of amides is 1. The third-order valence-corrected chi connectivity index (χ3v) is 5.39. The van der Waals surface area contributed by atoms with Gasteiger partial charge in [-0.2, -0.15) is 0 Å². The van der Waals surface area contributed by atoms with Crippen molar-refractivity contribution < 1.29 is 13.2 Å². The normalized spacial score (nSPS) is 11.4. The summed E-state index contributed by atoms with van der Waals surface area (Å²) in [6, 6.07) is 4.81. The van der Waals surface area contributed by atoms with E-state index < -0.39 is 15.7 Å². The van der Waals surface area contributed by atoms with Crippen molar-refractivity contribution in [3.63, 3.8) is 0 Å². The average Bonchev–Trinajstić information content (AvgIpc) is 2.91. The lowest BCUT2D eigenvalue weighted by Gasteiger charge is -2.09. The van der Waals surface area contributed by atoms with Crippen LogP contribution in [0.4, 0.5) is 0 Å². The SMILES string of the molecule is CCS(=O)(=O)c1ccc(CC(N)=O)cc1-c1nccs1. The molecule has 1 heterocycles. The van der Waals surface area contributed by atoms with E-state index in [1.165, 1.54) is 17.4 Å². The summed E-state index contributed by atoms with van der Waals surface area (Å²) >= 11 is 1.35. The van der Waals surface area contributed by atoms with Gasteiger partial charge < -0.3 is 5.73 Å². The van der Waals surface area contributed by atoms with Crippen molar-refractivity contribution in [2.45, 2.75) is 18.2 Å². The Balaban J connectivity index is 2.61. The molecule has 0 fully saturated rings. The zero-order valence-electron chi connectivity index (χ0n) is 10.9. The van der Waals surface area contributed by atoms with Gasteiger partial charge in [-0.25, -0.2) is 13.4 Å². The first kappa shape index (κ1) is 14.7. The Hall–Kier alpha value is -1.73. The van der Waals surface area contributed by atoms with Gasteiger partial charge in [-0.1, -0.05) is 13.0 Å². The van der Waals surface area contributed by atoms with Crippen molar-refractivity contribution in [2.24, 2.45) is 5.73 Å². The van der Waals surface area contributed by atoms with Crippen molar-refractivity contribution in [1.82, 2.24) is 4.98 Å². The summed E-state index contributed by atoms with van der Waals surface area (Å²) in [7, 11) is -3.35. The van der Waals surface area contributed by atoms with Gasteiger partial charge >= 0.3 is 0 Å². The molecule has 1 aromatic carbocycles. The molecule has 0 saturated carbocycles. The van der Waals surface area contributed by atoms with Crippen LogP contribution in [0.1, 0.15) is 12.5 Å². The van der Waals surface area contributed by atoms with Gasteiger partial charge in [0.05, 0.1) is 17.1 Å². The standard InChI is InChI=1S/C13H14N2O3S2/c1-2-20(17,18)11-4-3-9(8-12(14)16)7-10(11)13-15-5-6-19-13/h3-7H,2,8H2,1H3,(H2,14,16). The molecular formula is C13H14N2O3S2. The fourth-order valence-electron chi connectivity index (χ4n) is 1.84. The number of rotatable bonds is 5. The zero-order chi connectivity index (χ0) is 14.8. The number of benzene rings is 1. The van der Waals surface area contributed by atoms with Gasteiger partial charge in [0.1, 0.15) is 5.01 Å². The van der Waals surface area contributed by atoms with E-state index in [1.54, 1.807) is 30.6 Å². The third kappa shape index (κ3) is 3.05. The summed E-state index contributed by atoms with van der Waals surface area (Å²) in [6.45, 7) is 1.60. The molecule has 0 unspecified atom stereocenters. The van der Waals surface area contributed by atoms with E-state index >= 15 is 0 Å². The molecule has 0 saturated heterocycles.